The molecule has 1 saturated carbocycles. The molecule has 0 spiro atoms. The fraction of sp³-hybridized carbons (Fsp3) is 0.933. The lowest BCUT2D eigenvalue weighted by atomic mass is 9.91. The van der Waals surface area contributed by atoms with Crippen molar-refractivity contribution in [2.75, 3.05) is 13.7 Å². The van der Waals surface area contributed by atoms with Crippen molar-refractivity contribution >= 4 is 6.09 Å². The summed E-state index contributed by atoms with van der Waals surface area (Å²) in [5.41, 5.74) is -0.440. The number of ether oxygens (including phenoxy) is 2. The summed E-state index contributed by atoms with van der Waals surface area (Å²) in [6.45, 7) is 8.53. The average molecular weight is 286 g/mol. The van der Waals surface area contributed by atoms with E-state index in [-0.39, 0.29) is 18.2 Å². The van der Waals surface area contributed by atoms with E-state index in [1.807, 2.05) is 27.7 Å². The van der Waals surface area contributed by atoms with Crippen molar-refractivity contribution in [2.24, 2.45) is 0 Å². The molecule has 118 valence electrons. The highest BCUT2D eigenvalue weighted by molar-refractivity contribution is 5.68. The number of methoxy groups -OCH3 is 1. The van der Waals surface area contributed by atoms with Gasteiger partial charge in [0, 0.05) is 25.7 Å². The number of carbonyl (C=O) groups excluding carboxylic acids is 1. The zero-order chi connectivity index (χ0) is 15.2. The molecule has 1 rings (SSSR count). The maximum Gasteiger partial charge on any atom is 0.407 e. The Labute approximate surface area is 122 Å². The Kier molecular flexibility index (Phi) is 6.76. The average Bonchev–Trinajstić information content (AvgIpc) is 2.34. The second kappa shape index (κ2) is 7.84. The lowest BCUT2D eigenvalue weighted by Gasteiger charge is -2.31. The van der Waals surface area contributed by atoms with Gasteiger partial charge in [0.1, 0.15) is 5.60 Å². The van der Waals surface area contributed by atoms with Crippen LogP contribution in [0.2, 0.25) is 0 Å². The van der Waals surface area contributed by atoms with Gasteiger partial charge in [0.15, 0.2) is 0 Å². The summed E-state index contributed by atoms with van der Waals surface area (Å²) in [7, 11) is 1.72. The molecule has 20 heavy (non-hydrogen) atoms. The fourth-order valence-electron chi connectivity index (χ4n) is 2.40. The molecule has 5 heteroatoms. The predicted molar refractivity (Wildman–Crippen MR) is 79.9 cm³/mol. The minimum Gasteiger partial charge on any atom is -0.444 e. The predicted octanol–water partition coefficient (Wildman–Crippen LogP) is 2.45. The van der Waals surface area contributed by atoms with Crippen LogP contribution in [0.4, 0.5) is 4.79 Å². The topological polar surface area (TPSA) is 59.6 Å². The number of nitrogens with one attached hydrogen (secondary N) is 2. The molecule has 0 saturated heterocycles. The number of alkyl carbamates (subject to hydrolysis) is 1. The normalized spacial score (nSPS) is 25.1. The minimum absolute atomic E-state index is 0.203. The summed E-state index contributed by atoms with van der Waals surface area (Å²) in [6, 6.07) is 0.648. The Morgan fingerprint density at radius 1 is 1.30 bits per heavy atom. The van der Waals surface area contributed by atoms with E-state index in [0.29, 0.717) is 6.04 Å². The molecule has 1 amide bonds. The number of amides is 1. The molecule has 3 unspecified atom stereocenters. The van der Waals surface area contributed by atoms with E-state index in [2.05, 4.69) is 10.6 Å². The third-order valence-corrected chi connectivity index (χ3v) is 3.49. The van der Waals surface area contributed by atoms with Gasteiger partial charge < -0.3 is 20.1 Å². The highest BCUT2D eigenvalue weighted by atomic mass is 16.6. The van der Waals surface area contributed by atoms with E-state index < -0.39 is 5.60 Å². The van der Waals surface area contributed by atoms with Crippen LogP contribution in [0.5, 0.6) is 0 Å². The third kappa shape index (κ3) is 7.10. The van der Waals surface area contributed by atoms with Gasteiger partial charge in [-0.25, -0.2) is 4.79 Å². The first-order valence-corrected chi connectivity index (χ1v) is 7.56. The molecule has 1 aliphatic rings. The molecule has 0 aliphatic heterocycles. The quantitative estimate of drug-likeness (QED) is 0.815. The zero-order valence-electron chi connectivity index (χ0n) is 13.5. The first-order valence-electron chi connectivity index (χ1n) is 7.56. The van der Waals surface area contributed by atoms with Crippen LogP contribution in [0.25, 0.3) is 0 Å². The van der Waals surface area contributed by atoms with Crippen LogP contribution in [-0.2, 0) is 9.47 Å². The molecular weight excluding hydrogens is 256 g/mol. The lowest BCUT2D eigenvalue weighted by Crippen LogP contribution is -2.46. The van der Waals surface area contributed by atoms with Gasteiger partial charge in [-0.2, -0.15) is 0 Å². The molecule has 0 aromatic rings. The minimum atomic E-state index is -0.440. The van der Waals surface area contributed by atoms with Crippen molar-refractivity contribution in [2.45, 2.75) is 77.2 Å². The second-order valence-electron chi connectivity index (χ2n) is 6.66. The SMILES string of the molecule is COC(C)CNC1CCCC(NC(=O)OC(C)(C)C)C1. The molecule has 0 heterocycles. The summed E-state index contributed by atoms with van der Waals surface area (Å²) in [6.07, 6.45) is 4.16. The number of hydrogen-bond acceptors (Lipinski definition) is 4. The monoisotopic (exact) mass is 286 g/mol. The molecule has 1 fully saturated rings. The van der Waals surface area contributed by atoms with Crippen molar-refractivity contribution in [3.8, 4) is 0 Å². The highest BCUT2D eigenvalue weighted by Gasteiger charge is 2.25. The van der Waals surface area contributed by atoms with Crippen molar-refractivity contribution in [1.29, 1.82) is 0 Å². The van der Waals surface area contributed by atoms with Crippen molar-refractivity contribution in [3.63, 3.8) is 0 Å². The molecule has 0 aromatic heterocycles. The van der Waals surface area contributed by atoms with Gasteiger partial charge in [-0.1, -0.05) is 0 Å². The third-order valence-electron chi connectivity index (χ3n) is 3.49. The molecule has 5 nitrogen and oxygen atoms in total. The van der Waals surface area contributed by atoms with E-state index in [9.17, 15) is 4.79 Å². The van der Waals surface area contributed by atoms with Gasteiger partial charge in [0.2, 0.25) is 0 Å². The molecule has 0 aromatic carbocycles. The van der Waals surface area contributed by atoms with Crippen LogP contribution in [-0.4, -0.2) is 43.5 Å². The van der Waals surface area contributed by atoms with Gasteiger partial charge >= 0.3 is 6.09 Å². The summed E-state index contributed by atoms with van der Waals surface area (Å²) in [5, 5.41) is 6.48. The van der Waals surface area contributed by atoms with Crippen LogP contribution in [0.15, 0.2) is 0 Å². The molecule has 0 radical (unpaired) electrons. The van der Waals surface area contributed by atoms with Crippen LogP contribution in [0.3, 0.4) is 0 Å². The molecule has 0 bridgehead atoms. The van der Waals surface area contributed by atoms with Crippen molar-refractivity contribution in [3.05, 3.63) is 0 Å². The van der Waals surface area contributed by atoms with Gasteiger partial charge in [0.05, 0.1) is 6.10 Å². The Balaban J connectivity index is 2.31. The van der Waals surface area contributed by atoms with E-state index in [1.165, 1.54) is 0 Å². The van der Waals surface area contributed by atoms with Gasteiger partial charge in [-0.15, -0.1) is 0 Å². The summed E-state index contributed by atoms with van der Waals surface area (Å²) in [4.78, 5) is 11.8. The van der Waals surface area contributed by atoms with Crippen molar-refractivity contribution < 1.29 is 14.3 Å². The van der Waals surface area contributed by atoms with Gasteiger partial charge in [-0.05, 0) is 53.4 Å². The number of carbonyl (C=O) groups is 1. The Bertz CT molecular complexity index is 302. The summed E-state index contributed by atoms with van der Waals surface area (Å²) in [5.74, 6) is 0. The van der Waals surface area contributed by atoms with Gasteiger partial charge in [0.25, 0.3) is 0 Å². The summed E-state index contributed by atoms with van der Waals surface area (Å²) < 4.78 is 10.5. The molecule has 2 N–H and O–H groups in total. The second-order valence-corrected chi connectivity index (χ2v) is 6.66. The standard InChI is InChI=1S/C15H30N2O3/c1-11(19-5)10-16-12-7-6-8-13(9-12)17-14(18)20-15(2,3)4/h11-13,16H,6-10H2,1-5H3,(H,17,18). The highest BCUT2D eigenvalue weighted by Crippen LogP contribution is 2.19. The zero-order valence-corrected chi connectivity index (χ0v) is 13.5. The van der Waals surface area contributed by atoms with E-state index >= 15 is 0 Å². The number of rotatable bonds is 5. The van der Waals surface area contributed by atoms with Crippen LogP contribution < -0.4 is 10.6 Å². The smallest absolute Gasteiger partial charge is 0.407 e. The van der Waals surface area contributed by atoms with E-state index in [1.54, 1.807) is 7.11 Å². The van der Waals surface area contributed by atoms with Crippen LogP contribution >= 0.6 is 0 Å². The number of hydrogen-bond donors (Lipinski definition) is 2. The Morgan fingerprint density at radius 2 is 1.95 bits per heavy atom. The Hall–Kier alpha value is -0.810. The molecule has 3 atom stereocenters. The lowest BCUT2D eigenvalue weighted by molar-refractivity contribution is 0.0486. The maximum absolute atomic E-state index is 11.8. The largest absolute Gasteiger partial charge is 0.444 e. The van der Waals surface area contributed by atoms with E-state index in [4.69, 9.17) is 9.47 Å². The van der Waals surface area contributed by atoms with Crippen LogP contribution in [0.1, 0.15) is 53.4 Å². The first kappa shape index (κ1) is 17.2. The first-order chi connectivity index (χ1) is 9.30. The Morgan fingerprint density at radius 3 is 2.55 bits per heavy atom. The molecule has 1 aliphatic carbocycles. The fourth-order valence-corrected chi connectivity index (χ4v) is 2.40. The maximum atomic E-state index is 11.8. The van der Waals surface area contributed by atoms with Crippen LogP contribution in [0, 0.1) is 0 Å². The molecular formula is C15H30N2O3. The summed E-state index contributed by atoms with van der Waals surface area (Å²) >= 11 is 0. The van der Waals surface area contributed by atoms with Crippen molar-refractivity contribution in [1.82, 2.24) is 10.6 Å². The van der Waals surface area contributed by atoms with Gasteiger partial charge in [-0.3, -0.25) is 0 Å². The van der Waals surface area contributed by atoms with E-state index in [0.717, 1.165) is 32.2 Å².